The summed E-state index contributed by atoms with van der Waals surface area (Å²) in [6, 6.07) is 15.1. The van der Waals surface area contributed by atoms with E-state index < -0.39 is 0 Å². The molecule has 1 heterocycles. The second kappa shape index (κ2) is 5.29. The third-order valence-corrected chi connectivity index (χ3v) is 4.13. The predicted molar refractivity (Wildman–Crippen MR) is 80.8 cm³/mol. The van der Waals surface area contributed by atoms with Gasteiger partial charge in [0.1, 0.15) is 10.0 Å². The SMILES string of the molecule is Clc1ccc(-c2nnc(-c3ccc(Cl)cc3)s2)cc1. The lowest BCUT2D eigenvalue weighted by Crippen LogP contribution is -1.77. The Morgan fingerprint density at radius 2 is 1.00 bits per heavy atom. The van der Waals surface area contributed by atoms with E-state index in [0.29, 0.717) is 10.0 Å². The molecule has 19 heavy (non-hydrogen) atoms. The van der Waals surface area contributed by atoms with Gasteiger partial charge in [-0.3, -0.25) is 0 Å². The van der Waals surface area contributed by atoms with Gasteiger partial charge in [-0.2, -0.15) is 0 Å². The standard InChI is InChI=1S/C14H8Cl2N2S/c15-11-5-1-9(2-6-11)13-17-18-14(19-13)10-3-7-12(16)8-4-10/h1-8H. The Labute approximate surface area is 124 Å². The lowest BCUT2D eigenvalue weighted by atomic mass is 10.2. The van der Waals surface area contributed by atoms with E-state index in [2.05, 4.69) is 10.2 Å². The fraction of sp³-hybridized carbons (Fsp3) is 0. The highest BCUT2D eigenvalue weighted by Crippen LogP contribution is 2.30. The average molecular weight is 307 g/mol. The number of hydrogen-bond acceptors (Lipinski definition) is 3. The summed E-state index contributed by atoms with van der Waals surface area (Å²) in [5, 5.41) is 11.6. The van der Waals surface area contributed by atoms with Crippen LogP contribution in [-0.2, 0) is 0 Å². The maximum atomic E-state index is 5.87. The van der Waals surface area contributed by atoms with Crippen LogP contribution < -0.4 is 0 Å². The molecular formula is C14H8Cl2N2S. The summed E-state index contributed by atoms with van der Waals surface area (Å²) in [6.07, 6.45) is 0. The smallest absolute Gasteiger partial charge is 0.138 e. The summed E-state index contributed by atoms with van der Waals surface area (Å²) in [5.41, 5.74) is 2.03. The zero-order valence-electron chi connectivity index (χ0n) is 9.68. The van der Waals surface area contributed by atoms with E-state index in [-0.39, 0.29) is 0 Å². The maximum absolute atomic E-state index is 5.87. The first kappa shape index (κ1) is 12.6. The molecule has 3 aromatic rings. The third-order valence-electron chi connectivity index (χ3n) is 2.61. The molecule has 0 atom stereocenters. The van der Waals surface area contributed by atoms with Crippen molar-refractivity contribution < 1.29 is 0 Å². The molecule has 94 valence electrons. The Balaban J connectivity index is 1.95. The highest BCUT2D eigenvalue weighted by Gasteiger charge is 2.08. The van der Waals surface area contributed by atoms with Crippen molar-refractivity contribution in [3.63, 3.8) is 0 Å². The zero-order chi connectivity index (χ0) is 13.2. The van der Waals surface area contributed by atoms with Gasteiger partial charge in [0.15, 0.2) is 0 Å². The molecule has 0 amide bonds. The van der Waals surface area contributed by atoms with Crippen LogP contribution >= 0.6 is 34.5 Å². The normalized spacial score (nSPS) is 10.6. The molecule has 0 aliphatic carbocycles. The molecule has 3 rings (SSSR count). The molecule has 0 aliphatic heterocycles. The number of hydrogen-bond donors (Lipinski definition) is 0. The van der Waals surface area contributed by atoms with Gasteiger partial charge in [0.05, 0.1) is 0 Å². The minimum absolute atomic E-state index is 0.714. The monoisotopic (exact) mass is 306 g/mol. The fourth-order valence-electron chi connectivity index (χ4n) is 1.64. The van der Waals surface area contributed by atoms with Crippen molar-refractivity contribution in [2.75, 3.05) is 0 Å². The second-order valence-electron chi connectivity index (χ2n) is 3.93. The minimum Gasteiger partial charge on any atom is -0.138 e. The molecule has 0 fully saturated rings. The van der Waals surface area contributed by atoms with Crippen molar-refractivity contribution in [2.24, 2.45) is 0 Å². The van der Waals surface area contributed by atoms with E-state index in [9.17, 15) is 0 Å². The summed E-state index contributed by atoms with van der Waals surface area (Å²) >= 11 is 13.3. The molecule has 0 spiro atoms. The van der Waals surface area contributed by atoms with Gasteiger partial charge in [-0.25, -0.2) is 0 Å². The summed E-state index contributed by atoms with van der Waals surface area (Å²) in [4.78, 5) is 0. The molecule has 0 bridgehead atoms. The van der Waals surface area contributed by atoms with Crippen LogP contribution in [0.2, 0.25) is 10.0 Å². The Morgan fingerprint density at radius 3 is 1.37 bits per heavy atom. The van der Waals surface area contributed by atoms with Gasteiger partial charge in [0.2, 0.25) is 0 Å². The highest BCUT2D eigenvalue weighted by atomic mass is 35.5. The molecule has 2 aromatic carbocycles. The van der Waals surface area contributed by atoms with E-state index in [1.54, 1.807) is 11.3 Å². The number of nitrogens with zero attached hydrogens (tertiary/aromatic N) is 2. The topological polar surface area (TPSA) is 25.8 Å². The Bertz CT molecular complexity index is 630. The summed E-state index contributed by atoms with van der Waals surface area (Å²) in [7, 11) is 0. The van der Waals surface area contributed by atoms with Crippen LogP contribution in [0, 0.1) is 0 Å². The van der Waals surface area contributed by atoms with E-state index in [0.717, 1.165) is 21.1 Å². The van der Waals surface area contributed by atoms with Crippen LogP contribution in [0.25, 0.3) is 21.1 Å². The first-order valence-electron chi connectivity index (χ1n) is 5.58. The molecule has 0 radical (unpaired) electrons. The fourth-order valence-corrected chi connectivity index (χ4v) is 2.75. The van der Waals surface area contributed by atoms with Crippen molar-refractivity contribution in [3.8, 4) is 21.1 Å². The molecule has 2 nitrogen and oxygen atoms in total. The summed E-state index contributed by atoms with van der Waals surface area (Å²) in [6.45, 7) is 0. The molecule has 0 saturated heterocycles. The molecule has 1 aromatic heterocycles. The van der Waals surface area contributed by atoms with Gasteiger partial charge in [-0.15, -0.1) is 10.2 Å². The quantitative estimate of drug-likeness (QED) is 0.652. The highest BCUT2D eigenvalue weighted by molar-refractivity contribution is 7.17. The van der Waals surface area contributed by atoms with Gasteiger partial charge < -0.3 is 0 Å². The second-order valence-corrected chi connectivity index (χ2v) is 5.78. The van der Waals surface area contributed by atoms with E-state index in [1.165, 1.54) is 0 Å². The van der Waals surface area contributed by atoms with Gasteiger partial charge in [-0.1, -0.05) is 58.8 Å². The van der Waals surface area contributed by atoms with Crippen LogP contribution in [-0.4, -0.2) is 10.2 Å². The van der Waals surface area contributed by atoms with Crippen LogP contribution in [0.1, 0.15) is 0 Å². The third kappa shape index (κ3) is 2.78. The molecule has 0 aliphatic rings. The van der Waals surface area contributed by atoms with Gasteiger partial charge >= 0.3 is 0 Å². The number of benzene rings is 2. The van der Waals surface area contributed by atoms with Crippen molar-refractivity contribution >= 4 is 34.5 Å². The largest absolute Gasteiger partial charge is 0.148 e. The number of aromatic nitrogens is 2. The van der Waals surface area contributed by atoms with Crippen LogP contribution in [0.3, 0.4) is 0 Å². The molecule has 0 saturated carbocycles. The van der Waals surface area contributed by atoms with E-state index in [1.807, 2.05) is 48.5 Å². The number of rotatable bonds is 2. The van der Waals surface area contributed by atoms with E-state index >= 15 is 0 Å². The van der Waals surface area contributed by atoms with Crippen molar-refractivity contribution in [1.82, 2.24) is 10.2 Å². The first-order chi connectivity index (χ1) is 9.22. The Morgan fingerprint density at radius 1 is 0.632 bits per heavy atom. The molecule has 0 N–H and O–H groups in total. The first-order valence-corrected chi connectivity index (χ1v) is 7.15. The van der Waals surface area contributed by atoms with Crippen molar-refractivity contribution in [3.05, 3.63) is 58.6 Å². The Hall–Kier alpha value is -1.42. The van der Waals surface area contributed by atoms with Crippen LogP contribution in [0.5, 0.6) is 0 Å². The molecule has 0 unspecified atom stereocenters. The van der Waals surface area contributed by atoms with Crippen molar-refractivity contribution in [2.45, 2.75) is 0 Å². The van der Waals surface area contributed by atoms with Gasteiger partial charge in [0.25, 0.3) is 0 Å². The molecular weight excluding hydrogens is 299 g/mol. The van der Waals surface area contributed by atoms with E-state index in [4.69, 9.17) is 23.2 Å². The van der Waals surface area contributed by atoms with Crippen LogP contribution in [0.4, 0.5) is 0 Å². The van der Waals surface area contributed by atoms with Crippen LogP contribution in [0.15, 0.2) is 48.5 Å². The average Bonchev–Trinajstić information content (AvgIpc) is 2.90. The lowest BCUT2D eigenvalue weighted by molar-refractivity contribution is 1.10. The lowest BCUT2D eigenvalue weighted by Gasteiger charge is -1.95. The zero-order valence-corrected chi connectivity index (χ0v) is 12.0. The summed E-state index contributed by atoms with van der Waals surface area (Å²) < 4.78 is 0. The predicted octanol–water partition coefficient (Wildman–Crippen LogP) is 5.18. The Kier molecular flexibility index (Phi) is 3.51. The van der Waals surface area contributed by atoms with Crippen molar-refractivity contribution in [1.29, 1.82) is 0 Å². The maximum Gasteiger partial charge on any atom is 0.148 e. The number of halogens is 2. The minimum atomic E-state index is 0.714. The van der Waals surface area contributed by atoms with Gasteiger partial charge in [-0.05, 0) is 24.3 Å². The van der Waals surface area contributed by atoms with Gasteiger partial charge in [0, 0.05) is 21.2 Å². The summed E-state index contributed by atoms with van der Waals surface area (Å²) in [5.74, 6) is 0. The molecule has 5 heteroatoms.